The SMILES string of the molecule is CC(C)(C)n1nc(-c2ccc([N+](=O)[O-])c(C#N)c2)c(C#N)c1Nc1ccccn1. The van der Waals surface area contributed by atoms with Crippen molar-refractivity contribution in [3.8, 4) is 23.4 Å². The fourth-order valence-corrected chi connectivity index (χ4v) is 2.82. The molecule has 0 radical (unpaired) electrons. The zero-order chi connectivity index (χ0) is 21.2. The number of hydrogen-bond donors (Lipinski definition) is 1. The van der Waals surface area contributed by atoms with Gasteiger partial charge >= 0.3 is 0 Å². The van der Waals surface area contributed by atoms with Crippen molar-refractivity contribution in [3.05, 3.63) is 63.8 Å². The van der Waals surface area contributed by atoms with Crippen LogP contribution in [0.3, 0.4) is 0 Å². The minimum Gasteiger partial charge on any atom is -0.324 e. The second kappa shape index (κ2) is 7.41. The maximum atomic E-state index is 11.1. The van der Waals surface area contributed by atoms with Crippen molar-refractivity contribution in [2.45, 2.75) is 26.3 Å². The Hall–Kier alpha value is -4.24. The summed E-state index contributed by atoms with van der Waals surface area (Å²) in [6, 6.07) is 13.5. The quantitative estimate of drug-likeness (QED) is 0.526. The average Bonchev–Trinajstić information content (AvgIpc) is 3.06. The number of nitriles is 2. The van der Waals surface area contributed by atoms with E-state index in [9.17, 15) is 20.6 Å². The zero-order valence-corrected chi connectivity index (χ0v) is 16.0. The number of nitro groups is 1. The highest BCUT2D eigenvalue weighted by Gasteiger charge is 2.27. The highest BCUT2D eigenvalue weighted by molar-refractivity contribution is 5.77. The number of anilines is 2. The molecule has 1 N–H and O–H groups in total. The molecule has 3 rings (SSSR count). The normalized spacial score (nSPS) is 10.8. The molecule has 0 unspecified atom stereocenters. The summed E-state index contributed by atoms with van der Waals surface area (Å²) in [7, 11) is 0. The number of nitrogens with one attached hydrogen (secondary N) is 1. The molecule has 0 fully saturated rings. The molecule has 0 aliphatic rings. The lowest BCUT2D eigenvalue weighted by Gasteiger charge is -2.22. The van der Waals surface area contributed by atoms with Gasteiger partial charge in [0.1, 0.15) is 40.6 Å². The third-order valence-corrected chi connectivity index (χ3v) is 4.13. The van der Waals surface area contributed by atoms with E-state index >= 15 is 0 Å². The topological polar surface area (TPSA) is 133 Å². The Bertz CT molecular complexity index is 1160. The van der Waals surface area contributed by atoms with E-state index in [-0.39, 0.29) is 16.8 Å². The van der Waals surface area contributed by atoms with Gasteiger partial charge in [-0.15, -0.1) is 0 Å². The molecule has 9 heteroatoms. The van der Waals surface area contributed by atoms with Gasteiger partial charge < -0.3 is 5.32 Å². The zero-order valence-electron chi connectivity index (χ0n) is 16.0. The minimum absolute atomic E-state index is 0.0964. The van der Waals surface area contributed by atoms with Gasteiger partial charge in [-0.1, -0.05) is 6.07 Å². The molecule has 2 aromatic heterocycles. The van der Waals surface area contributed by atoms with E-state index in [0.29, 0.717) is 22.9 Å². The summed E-state index contributed by atoms with van der Waals surface area (Å²) in [5, 5.41) is 38.0. The number of hydrogen-bond acceptors (Lipinski definition) is 7. The Balaban J connectivity index is 2.22. The van der Waals surface area contributed by atoms with Gasteiger partial charge in [-0.3, -0.25) is 10.1 Å². The lowest BCUT2D eigenvalue weighted by Crippen LogP contribution is -2.24. The Morgan fingerprint density at radius 1 is 1.17 bits per heavy atom. The summed E-state index contributed by atoms with van der Waals surface area (Å²) in [5.74, 6) is 0.993. The van der Waals surface area contributed by atoms with Crippen molar-refractivity contribution in [3.63, 3.8) is 0 Å². The van der Waals surface area contributed by atoms with Crippen molar-refractivity contribution in [1.29, 1.82) is 10.5 Å². The third kappa shape index (κ3) is 3.75. The Morgan fingerprint density at radius 2 is 1.93 bits per heavy atom. The van der Waals surface area contributed by atoms with Crippen LogP contribution >= 0.6 is 0 Å². The van der Waals surface area contributed by atoms with Crippen LogP contribution in [-0.2, 0) is 5.54 Å². The van der Waals surface area contributed by atoms with E-state index in [1.54, 1.807) is 23.0 Å². The van der Waals surface area contributed by atoms with E-state index in [1.807, 2.05) is 32.9 Å². The van der Waals surface area contributed by atoms with E-state index in [2.05, 4.69) is 21.5 Å². The monoisotopic (exact) mass is 387 g/mol. The summed E-state index contributed by atoms with van der Waals surface area (Å²) in [6.07, 6.45) is 1.63. The molecule has 0 bridgehead atoms. The molecule has 9 nitrogen and oxygen atoms in total. The number of aromatic nitrogens is 3. The predicted molar refractivity (Wildman–Crippen MR) is 106 cm³/mol. The fraction of sp³-hybridized carbons (Fsp3) is 0.200. The van der Waals surface area contributed by atoms with Crippen LogP contribution in [0.2, 0.25) is 0 Å². The molecule has 1 aromatic carbocycles. The molecule has 0 saturated carbocycles. The minimum atomic E-state index is -0.616. The van der Waals surface area contributed by atoms with E-state index in [1.165, 1.54) is 18.2 Å². The van der Waals surface area contributed by atoms with Gasteiger partial charge in [0, 0.05) is 17.8 Å². The summed E-state index contributed by atoms with van der Waals surface area (Å²) in [6.45, 7) is 5.81. The molecule has 0 aliphatic carbocycles. The molecule has 0 spiro atoms. The molecule has 144 valence electrons. The lowest BCUT2D eigenvalue weighted by atomic mass is 10.0. The molecule has 0 atom stereocenters. The van der Waals surface area contributed by atoms with Crippen LogP contribution in [0, 0.1) is 32.8 Å². The van der Waals surface area contributed by atoms with Gasteiger partial charge in [0.15, 0.2) is 0 Å². The summed E-state index contributed by atoms with van der Waals surface area (Å²) in [5.41, 5.74) is 0.156. The first-order chi connectivity index (χ1) is 13.8. The summed E-state index contributed by atoms with van der Waals surface area (Å²) in [4.78, 5) is 14.7. The molecule has 0 amide bonds. The third-order valence-electron chi connectivity index (χ3n) is 4.13. The average molecular weight is 387 g/mol. The Labute approximate surface area is 167 Å². The van der Waals surface area contributed by atoms with Crippen molar-refractivity contribution in [1.82, 2.24) is 14.8 Å². The summed E-state index contributed by atoms with van der Waals surface area (Å²) >= 11 is 0. The van der Waals surface area contributed by atoms with Crippen LogP contribution in [-0.4, -0.2) is 19.7 Å². The van der Waals surface area contributed by atoms with Gasteiger partial charge in [-0.05, 0) is 45.0 Å². The van der Waals surface area contributed by atoms with E-state index in [0.717, 1.165) is 0 Å². The number of rotatable bonds is 4. The van der Waals surface area contributed by atoms with Crippen LogP contribution in [0.25, 0.3) is 11.3 Å². The number of nitrogens with zero attached hydrogens (tertiary/aromatic N) is 6. The molecule has 29 heavy (non-hydrogen) atoms. The second-order valence-electron chi connectivity index (χ2n) is 7.21. The number of nitro benzene ring substituents is 1. The molecule has 0 saturated heterocycles. The van der Waals surface area contributed by atoms with Crippen molar-refractivity contribution in [2.24, 2.45) is 0 Å². The first-order valence-electron chi connectivity index (χ1n) is 8.67. The Kier molecular flexibility index (Phi) is 4.99. The van der Waals surface area contributed by atoms with Gasteiger partial charge in [0.2, 0.25) is 0 Å². The molecule has 2 heterocycles. The van der Waals surface area contributed by atoms with E-state index in [4.69, 9.17) is 0 Å². The highest BCUT2D eigenvalue weighted by Crippen LogP contribution is 2.35. The van der Waals surface area contributed by atoms with Gasteiger partial charge in [-0.2, -0.15) is 15.6 Å². The number of benzene rings is 1. The number of pyridine rings is 1. The lowest BCUT2D eigenvalue weighted by molar-refractivity contribution is -0.385. The van der Waals surface area contributed by atoms with Gasteiger partial charge in [-0.25, -0.2) is 9.67 Å². The molecule has 0 aliphatic heterocycles. The van der Waals surface area contributed by atoms with Crippen molar-refractivity contribution in [2.75, 3.05) is 5.32 Å². The standard InChI is InChI=1S/C20H17N7O2/c1-20(2,3)26-19(24-17-6-4-5-9-23-17)15(12-22)18(25-26)13-7-8-16(27(28)29)14(10-13)11-21/h4-10H,1-3H3,(H,23,24). The summed E-state index contributed by atoms with van der Waals surface area (Å²) < 4.78 is 1.67. The van der Waals surface area contributed by atoms with Crippen molar-refractivity contribution < 1.29 is 4.92 Å². The first kappa shape index (κ1) is 19.5. The van der Waals surface area contributed by atoms with Crippen molar-refractivity contribution >= 4 is 17.3 Å². The smallest absolute Gasteiger partial charge is 0.287 e. The molecule has 3 aromatic rings. The second-order valence-corrected chi connectivity index (χ2v) is 7.21. The Morgan fingerprint density at radius 3 is 2.48 bits per heavy atom. The van der Waals surface area contributed by atoms with Crippen LogP contribution in [0.1, 0.15) is 31.9 Å². The maximum Gasteiger partial charge on any atom is 0.287 e. The van der Waals surface area contributed by atoms with Crippen LogP contribution in [0.15, 0.2) is 42.6 Å². The fourth-order valence-electron chi connectivity index (χ4n) is 2.82. The van der Waals surface area contributed by atoms with Gasteiger partial charge in [0.05, 0.1) is 10.5 Å². The molecular weight excluding hydrogens is 370 g/mol. The maximum absolute atomic E-state index is 11.1. The van der Waals surface area contributed by atoms with Gasteiger partial charge in [0.25, 0.3) is 5.69 Å². The predicted octanol–water partition coefficient (Wildman–Crippen LogP) is 4.10. The van der Waals surface area contributed by atoms with E-state index < -0.39 is 10.5 Å². The molecular formula is C20H17N7O2. The van der Waals surface area contributed by atoms with Crippen LogP contribution in [0.5, 0.6) is 0 Å². The van der Waals surface area contributed by atoms with Crippen LogP contribution < -0.4 is 5.32 Å². The van der Waals surface area contributed by atoms with Crippen LogP contribution in [0.4, 0.5) is 17.3 Å². The first-order valence-corrected chi connectivity index (χ1v) is 8.67. The highest BCUT2D eigenvalue weighted by atomic mass is 16.6. The largest absolute Gasteiger partial charge is 0.324 e.